The van der Waals surface area contributed by atoms with Gasteiger partial charge < -0.3 is 20.4 Å². The van der Waals surface area contributed by atoms with E-state index >= 15 is 0 Å². The lowest BCUT2D eigenvalue weighted by Gasteiger charge is -2.11. The van der Waals surface area contributed by atoms with Crippen LogP contribution in [0.5, 0.6) is 0 Å². The largest absolute Gasteiger partial charge is 0.351 e. The second-order valence-corrected chi connectivity index (χ2v) is 5.58. The summed E-state index contributed by atoms with van der Waals surface area (Å²) in [7, 11) is 7.75. The van der Waals surface area contributed by atoms with E-state index in [4.69, 9.17) is 0 Å². The fraction of sp³-hybridized carbons (Fsp3) is 0.533. The minimum absolute atomic E-state index is 0.225. The molecule has 0 aliphatic rings. The molecule has 0 spiro atoms. The molecule has 0 aromatic carbocycles. The Hall–Kier alpha value is -1.99. The molecule has 122 valence electrons. The fourth-order valence-electron chi connectivity index (χ4n) is 1.68. The van der Waals surface area contributed by atoms with Crippen LogP contribution in [-0.4, -0.2) is 81.0 Å². The predicted octanol–water partition coefficient (Wildman–Crippen LogP) is -0.336. The summed E-state index contributed by atoms with van der Waals surface area (Å²) in [5.41, 5.74) is 0.776. The van der Waals surface area contributed by atoms with E-state index in [-0.39, 0.29) is 11.8 Å². The first-order valence-corrected chi connectivity index (χ1v) is 7.21. The monoisotopic (exact) mass is 307 g/mol. The van der Waals surface area contributed by atoms with Crippen LogP contribution in [-0.2, 0) is 0 Å². The van der Waals surface area contributed by atoms with Gasteiger partial charge in [0.05, 0.1) is 11.1 Å². The first kappa shape index (κ1) is 18.1. The fourth-order valence-corrected chi connectivity index (χ4v) is 1.68. The highest BCUT2D eigenvalue weighted by atomic mass is 16.2. The highest BCUT2D eigenvalue weighted by Crippen LogP contribution is 2.03. The lowest BCUT2D eigenvalue weighted by Crippen LogP contribution is -2.32. The first-order chi connectivity index (χ1) is 10.4. The van der Waals surface area contributed by atoms with Crippen LogP contribution in [0.2, 0.25) is 0 Å². The van der Waals surface area contributed by atoms with Gasteiger partial charge in [0.25, 0.3) is 11.8 Å². The van der Waals surface area contributed by atoms with Gasteiger partial charge in [-0.1, -0.05) is 0 Å². The zero-order valence-electron chi connectivity index (χ0n) is 13.7. The van der Waals surface area contributed by atoms with Crippen molar-refractivity contribution < 1.29 is 9.59 Å². The number of hydrogen-bond donors (Lipinski definition) is 2. The molecule has 7 nitrogen and oxygen atoms in total. The third-order valence-corrected chi connectivity index (χ3v) is 2.95. The van der Waals surface area contributed by atoms with Crippen molar-refractivity contribution in [2.75, 3.05) is 54.4 Å². The Labute approximate surface area is 131 Å². The summed E-state index contributed by atoms with van der Waals surface area (Å²) in [6.07, 6.45) is 2.92. The second kappa shape index (κ2) is 9.11. The molecule has 2 N–H and O–H groups in total. The van der Waals surface area contributed by atoms with Crippen molar-refractivity contribution in [1.29, 1.82) is 0 Å². The van der Waals surface area contributed by atoms with E-state index in [2.05, 4.69) is 15.6 Å². The van der Waals surface area contributed by atoms with Crippen LogP contribution in [0, 0.1) is 0 Å². The molecular formula is C15H25N5O2. The number of rotatable bonds is 8. The maximum absolute atomic E-state index is 12.0. The van der Waals surface area contributed by atoms with Gasteiger partial charge in [-0.15, -0.1) is 0 Å². The molecule has 0 bridgehead atoms. The number of hydrogen-bond acceptors (Lipinski definition) is 5. The molecule has 1 aromatic heterocycles. The Morgan fingerprint density at radius 1 is 0.909 bits per heavy atom. The van der Waals surface area contributed by atoms with Crippen LogP contribution in [0.3, 0.4) is 0 Å². The summed E-state index contributed by atoms with van der Waals surface area (Å²) >= 11 is 0. The second-order valence-electron chi connectivity index (χ2n) is 5.58. The maximum Gasteiger partial charge on any atom is 0.252 e. The number of nitrogens with zero attached hydrogens (tertiary/aromatic N) is 3. The summed E-state index contributed by atoms with van der Waals surface area (Å²) in [6, 6.07) is 1.56. The van der Waals surface area contributed by atoms with Gasteiger partial charge in [0.1, 0.15) is 0 Å². The Kier molecular flexibility index (Phi) is 7.48. The van der Waals surface area contributed by atoms with Crippen molar-refractivity contribution in [3.05, 3.63) is 29.6 Å². The summed E-state index contributed by atoms with van der Waals surface area (Å²) < 4.78 is 0. The van der Waals surface area contributed by atoms with Crippen LogP contribution in [0.4, 0.5) is 0 Å². The molecule has 0 atom stereocenters. The lowest BCUT2D eigenvalue weighted by molar-refractivity contribution is 0.0950. The molecule has 1 heterocycles. The molecular weight excluding hydrogens is 282 g/mol. The predicted molar refractivity (Wildman–Crippen MR) is 86.0 cm³/mol. The Bertz CT molecular complexity index is 461. The van der Waals surface area contributed by atoms with Crippen LogP contribution in [0.15, 0.2) is 18.5 Å². The number of carbonyl (C=O) groups is 2. The first-order valence-electron chi connectivity index (χ1n) is 7.21. The smallest absolute Gasteiger partial charge is 0.252 e. The SMILES string of the molecule is CN(C)CCNC(=O)c1cncc(C(=O)NCCN(C)C)c1. The zero-order valence-corrected chi connectivity index (χ0v) is 13.7. The Morgan fingerprint density at radius 3 is 1.68 bits per heavy atom. The molecule has 0 saturated heterocycles. The van der Waals surface area contributed by atoms with Crippen molar-refractivity contribution in [1.82, 2.24) is 25.4 Å². The van der Waals surface area contributed by atoms with Gasteiger partial charge in [0, 0.05) is 38.6 Å². The van der Waals surface area contributed by atoms with Crippen LogP contribution >= 0.6 is 0 Å². The van der Waals surface area contributed by atoms with E-state index in [1.54, 1.807) is 6.07 Å². The van der Waals surface area contributed by atoms with Gasteiger partial charge in [-0.2, -0.15) is 0 Å². The molecule has 0 aliphatic carbocycles. The lowest BCUT2D eigenvalue weighted by atomic mass is 10.2. The highest BCUT2D eigenvalue weighted by Gasteiger charge is 2.11. The zero-order chi connectivity index (χ0) is 16.5. The number of carbonyl (C=O) groups excluding carboxylic acids is 2. The van der Waals surface area contributed by atoms with E-state index in [9.17, 15) is 9.59 Å². The summed E-state index contributed by atoms with van der Waals surface area (Å²) in [5.74, 6) is -0.449. The van der Waals surface area contributed by atoms with Gasteiger partial charge in [-0.25, -0.2) is 0 Å². The number of aromatic nitrogens is 1. The summed E-state index contributed by atoms with van der Waals surface area (Å²) in [5, 5.41) is 5.59. The molecule has 22 heavy (non-hydrogen) atoms. The van der Waals surface area contributed by atoms with Crippen molar-refractivity contribution in [2.24, 2.45) is 0 Å². The molecule has 2 amide bonds. The Balaban J connectivity index is 2.57. The minimum atomic E-state index is -0.225. The van der Waals surface area contributed by atoms with E-state index in [0.717, 1.165) is 13.1 Å². The summed E-state index contributed by atoms with van der Waals surface area (Å²) in [4.78, 5) is 31.9. The van der Waals surface area contributed by atoms with Crippen LogP contribution in [0.25, 0.3) is 0 Å². The molecule has 0 unspecified atom stereocenters. The number of likely N-dealkylation sites (N-methyl/N-ethyl adjacent to an activating group) is 2. The maximum atomic E-state index is 12.0. The van der Waals surface area contributed by atoms with Gasteiger partial charge >= 0.3 is 0 Å². The molecule has 1 rings (SSSR count). The highest BCUT2D eigenvalue weighted by molar-refractivity contribution is 5.99. The molecule has 1 aromatic rings. The van der Waals surface area contributed by atoms with Gasteiger partial charge in [-0.3, -0.25) is 14.6 Å². The third-order valence-electron chi connectivity index (χ3n) is 2.95. The van der Waals surface area contributed by atoms with Crippen molar-refractivity contribution in [3.63, 3.8) is 0 Å². The molecule has 0 radical (unpaired) electrons. The Morgan fingerprint density at radius 2 is 1.32 bits per heavy atom. The van der Waals surface area contributed by atoms with Gasteiger partial charge in [0.2, 0.25) is 0 Å². The normalized spacial score (nSPS) is 10.8. The van der Waals surface area contributed by atoms with Crippen LogP contribution < -0.4 is 10.6 Å². The molecule has 7 heteroatoms. The number of amides is 2. The number of nitrogens with one attached hydrogen (secondary N) is 2. The van der Waals surface area contributed by atoms with E-state index in [1.807, 2.05) is 38.0 Å². The van der Waals surface area contributed by atoms with Crippen LogP contribution in [0.1, 0.15) is 20.7 Å². The van der Waals surface area contributed by atoms with Crippen molar-refractivity contribution >= 4 is 11.8 Å². The summed E-state index contributed by atoms with van der Waals surface area (Å²) in [6.45, 7) is 2.60. The van der Waals surface area contributed by atoms with Crippen molar-refractivity contribution in [3.8, 4) is 0 Å². The topological polar surface area (TPSA) is 77.6 Å². The number of pyridine rings is 1. The average Bonchev–Trinajstić information content (AvgIpc) is 2.46. The molecule has 0 saturated carbocycles. The van der Waals surface area contributed by atoms with Gasteiger partial charge in [-0.05, 0) is 34.3 Å². The molecule has 0 aliphatic heterocycles. The van der Waals surface area contributed by atoms with E-state index in [1.165, 1.54) is 12.4 Å². The van der Waals surface area contributed by atoms with Gasteiger partial charge in [0.15, 0.2) is 0 Å². The standard InChI is InChI=1S/C15H25N5O2/c1-19(2)7-5-17-14(21)12-9-13(11-16-10-12)15(22)18-6-8-20(3)4/h9-11H,5-8H2,1-4H3,(H,17,21)(H,18,22). The van der Waals surface area contributed by atoms with Crippen molar-refractivity contribution in [2.45, 2.75) is 0 Å². The van der Waals surface area contributed by atoms with E-state index < -0.39 is 0 Å². The van der Waals surface area contributed by atoms with E-state index in [0.29, 0.717) is 24.2 Å². The quantitative estimate of drug-likeness (QED) is 0.687. The third kappa shape index (κ3) is 6.64. The molecule has 0 fully saturated rings. The average molecular weight is 307 g/mol. The minimum Gasteiger partial charge on any atom is -0.351 e.